The lowest BCUT2D eigenvalue weighted by molar-refractivity contribution is 0.271. The average molecular weight is 391 g/mol. The van der Waals surface area contributed by atoms with Crippen LogP contribution in [0.25, 0.3) is 0 Å². The molecule has 1 aromatic heterocycles. The molecule has 3 rings (SSSR count). The number of hydrogen-bond acceptors (Lipinski definition) is 4. The highest BCUT2D eigenvalue weighted by Crippen LogP contribution is 2.33. The van der Waals surface area contributed by atoms with Crippen LogP contribution in [0.1, 0.15) is 22.0 Å². The predicted octanol–water partition coefficient (Wildman–Crippen LogP) is 3.26. The molecule has 1 aliphatic rings. The van der Waals surface area contributed by atoms with Crippen LogP contribution in [0.3, 0.4) is 0 Å². The van der Waals surface area contributed by atoms with Gasteiger partial charge in [0.05, 0.1) is 6.04 Å². The fraction of sp³-hybridized carbons (Fsp3) is 0.375. The lowest BCUT2D eigenvalue weighted by Crippen LogP contribution is -2.48. The van der Waals surface area contributed by atoms with E-state index in [0.29, 0.717) is 29.4 Å². The SMILES string of the molecule is Cc1cc(S(=O)(=O)N2CCNCC2c2cccc(F)c2)sc1C.Cl. The Bertz CT molecular complexity index is 804. The van der Waals surface area contributed by atoms with Crippen molar-refractivity contribution in [1.82, 2.24) is 9.62 Å². The second-order valence-electron chi connectivity index (χ2n) is 5.70. The van der Waals surface area contributed by atoms with Gasteiger partial charge in [-0.15, -0.1) is 23.7 Å². The summed E-state index contributed by atoms with van der Waals surface area (Å²) < 4.78 is 41.5. The Balaban J connectivity index is 0.00000208. The number of piperazine rings is 1. The van der Waals surface area contributed by atoms with Crippen molar-refractivity contribution in [2.24, 2.45) is 0 Å². The number of thiophene rings is 1. The van der Waals surface area contributed by atoms with Crippen molar-refractivity contribution in [1.29, 1.82) is 0 Å². The van der Waals surface area contributed by atoms with Gasteiger partial charge >= 0.3 is 0 Å². The summed E-state index contributed by atoms with van der Waals surface area (Å²) in [4.78, 5) is 1.00. The van der Waals surface area contributed by atoms with E-state index in [-0.39, 0.29) is 18.2 Å². The number of nitrogens with zero attached hydrogens (tertiary/aromatic N) is 1. The number of benzene rings is 1. The molecule has 1 atom stereocenters. The molecule has 1 aliphatic heterocycles. The molecule has 1 unspecified atom stereocenters. The summed E-state index contributed by atoms with van der Waals surface area (Å²) in [6.07, 6.45) is 0. The Morgan fingerprint density at radius 3 is 2.67 bits per heavy atom. The maximum absolute atomic E-state index is 13.5. The van der Waals surface area contributed by atoms with Gasteiger partial charge in [0.25, 0.3) is 10.0 Å². The minimum absolute atomic E-state index is 0. The quantitative estimate of drug-likeness (QED) is 0.875. The van der Waals surface area contributed by atoms with Gasteiger partial charge in [0, 0.05) is 24.5 Å². The molecule has 24 heavy (non-hydrogen) atoms. The molecule has 0 saturated carbocycles. The molecule has 1 aromatic carbocycles. The van der Waals surface area contributed by atoms with Crippen LogP contribution in [0, 0.1) is 19.7 Å². The number of halogens is 2. The van der Waals surface area contributed by atoms with E-state index in [2.05, 4.69) is 5.32 Å². The molecule has 2 aromatic rings. The predicted molar refractivity (Wildman–Crippen MR) is 96.9 cm³/mol. The smallest absolute Gasteiger partial charge is 0.253 e. The molecule has 0 bridgehead atoms. The van der Waals surface area contributed by atoms with Crippen LogP contribution in [-0.2, 0) is 10.0 Å². The van der Waals surface area contributed by atoms with Crippen LogP contribution < -0.4 is 5.32 Å². The fourth-order valence-electron chi connectivity index (χ4n) is 2.75. The summed E-state index contributed by atoms with van der Waals surface area (Å²) in [6, 6.07) is 7.49. The number of sulfonamides is 1. The van der Waals surface area contributed by atoms with Crippen molar-refractivity contribution in [2.45, 2.75) is 24.1 Å². The van der Waals surface area contributed by atoms with Crippen molar-refractivity contribution >= 4 is 33.8 Å². The van der Waals surface area contributed by atoms with Gasteiger partial charge in [-0.1, -0.05) is 12.1 Å². The summed E-state index contributed by atoms with van der Waals surface area (Å²) in [7, 11) is -3.58. The molecule has 1 fully saturated rings. The largest absolute Gasteiger partial charge is 0.313 e. The molecule has 1 saturated heterocycles. The first-order valence-electron chi connectivity index (χ1n) is 7.44. The Kier molecular flexibility index (Phi) is 6.04. The van der Waals surface area contributed by atoms with Crippen LogP contribution >= 0.6 is 23.7 Å². The van der Waals surface area contributed by atoms with Crippen molar-refractivity contribution in [3.8, 4) is 0 Å². The first kappa shape index (κ1) is 19.3. The normalized spacial score (nSPS) is 19.0. The number of hydrogen-bond donors (Lipinski definition) is 1. The van der Waals surface area contributed by atoms with Gasteiger partial charge in [0.15, 0.2) is 0 Å². The van der Waals surface area contributed by atoms with Gasteiger partial charge in [-0.05, 0) is 43.2 Å². The molecule has 132 valence electrons. The van der Waals surface area contributed by atoms with Gasteiger partial charge in [0.2, 0.25) is 0 Å². The molecule has 0 amide bonds. The summed E-state index contributed by atoms with van der Waals surface area (Å²) in [5, 5.41) is 3.20. The summed E-state index contributed by atoms with van der Waals surface area (Å²) >= 11 is 1.29. The first-order chi connectivity index (χ1) is 10.9. The zero-order valence-corrected chi connectivity index (χ0v) is 15.9. The second-order valence-corrected chi connectivity index (χ2v) is 9.07. The lowest BCUT2D eigenvalue weighted by Gasteiger charge is -2.35. The molecular formula is C16H20ClFN2O2S2. The summed E-state index contributed by atoms with van der Waals surface area (Å²) in [5.41, 5.74) is 1.65. The zero-order valence-electron chi connectivity index (χ0n) is 13.5. The van der Waals surface area contributed by atoms with Crippen molar-refractivity contribution in [3.05, 3.63) is 52.2 Å². The standard InChI is InChI=1S/C16H19FN2O2S2.ClH/c1-11-8-16(22-12(11)2)23(20,21)19-7-6-18-10-15(19)13-4-3-5-14(17)9-13;/h3-5,8-9,15,18H,6-7,10H2,1-2H3;1H. The summed E-state index contributed by atoms with van der Waals surface area (Å²) in [6.45, 7) is 5.27. The van der Waals surface area contributed by atoms with E-state index in [9.17, 15) is 12.8 Å². The average Bonchev–Trinajstić information content (AvgIpc) is 2.87. The highest BCUT2D eigenvalue weighted by atomic mass is 35.5. The molecule has 8 heteroatoms. The lowest BCUT2D eigenvalue weighted by atomic mass is 10.1. The van der Waals surface area contributed by atoms with E-state index >= 15 is 0 Å². The van der Waals surface area contributed by atoms with Crippen LogP contribution in [0.5, 0.6) is 0 Å². The van der Waals surface area contributed by atoms with Crippen LogP contribution in [0.2, 0.25) is 0 Å². The van der Waals surface area contributed by atoms with E-state index in [1.165, 1.54) is 27.8 Å². The summed E-state index contributed by atoms with van der Waals surface area (Å²) in [5.74, 6) is -0.353. The Morgan fingerprint density at radius 1 is 1.29 bits per heavy atom. The maximum Gasteiger partial charge on any atom is 0.253 e. The Morgan fingerprint density at radius 2 is 2.04 bits per heavy atom. The van der Waals surface area contributed by atoms with E-state index < -0.39 is 16.1 Å². The van der Waals surface area contributed by atoms with Crippen LogP contribution in [-0.4, -0.2) is 32.4 Å². The van der Waals surface area contributed by atoms with Crippen LogP contribution in [0.4, 0.5) is 4.39 Å². The minimum Gasteiger partial charge on any atom is -0.313 e. The number of nitrogens with one attached hydrogen (secondary N) is 1. The molecule has 0 aliphatic carbocycles. The van der Waals surface area contributed by atoms with Gasteiger partial charge in [-0.3, -0.25) is 0 Å². The van der Waals surface area contributed by atoms with Gasteiger partial charge in [-0.25, -0.2) is 12.8 Å². The third-order valence-electron chi connectivity index (χ3n) is 4.13. The molecular weight excluding hydrogens is 371 g/mol. The Labute approximate surface area is 152 Å². The molecule has 1 N–H and O–H groups in total. The van der Waals surface area contributed by atoms with Gasteiger partial charge < -0.3 is 5.32 Å². The van der Waals surface area contributed by atoms with E-state index in [1.54, 1.807) is 18.2 Å². The third kappa shape index (κ3) is 3.65. The number of rotatable bonds is 3. The molecule has 2 heterocycles. The van der Waals surface area contributed by atoms with Crippen LogP contribution in [0.15, 0.2) is 34.5 Å². The van der Waals surface area contributed by atoms with Crippen molar-refractivity contribution < 1.29 is 12.8 Å². The fourth-order valence-corrected chi connectivity index (χ4v) is 6.01. The number of aryl methyl sites for hydroxylation is 2. The van der Waals surface area contributed by atoms with Crippen molar-refractivity contribution in [2.75, 3.05) is 19.6 Å². The minimum atomic E-state index is -3.58. The molecule has 0 spiro atoms. The first-order valence-corrected chi connectivity index (χ1v) is 9.70. The van der Waals surface area contributed by atoms with E-state index in [4.69, 9.17) is 0 Å². The topological polar surface area (TPSA) is 49.4 Å². The Hall–Kier alpha value is -0.990. The second kappa shape index (κ2) is 7.49. The van der Waals surface area contributed by atoms with Crippen molar-refractivity contribution in [3.63, 3.8) is 0 Å². The molecule has 0 radical (unpaired) electrons. The highest BCUT2D eigenvalue weighted by molar-refractivity contribution is 7.91. The monoisotopic (exact) mass is 390 g/mol. The van der Waals surface area contributed by atoms with E-state index in [0.717, 1.165) is 10.4 Å². The third-order valence-corrected chi connectivity index (χ3v) is 7.64. The maximum atomic E-state index is 13.5. The zero-order chi connectivity index (χ0) is 16.6. The van der Waals surface area contributed by atoms with Gasteiger partial charge in [0.1, 0.15) is 10.0 Å². The molecule has 4 nitrogen and oxygen atoms in total. The highest BCUT2D eigenvalue weighted by Gasteiger charge is 2.35. The van der Waals surface area contributed by atoms with E-state index in [1.807, 2.05) is 13.8 Å². The van der Waals surface area contributed by atoms with Gasteiger partial charge in [-0.2, -0.15) is 4.31 Å².